The zero-order chi connectivity index (χ0) is 21.4. The third kappa shape index (κ3) is 3.83. The van der Waals surface area contributed by atoms with E-state index in [4.69, 9.17) is 11.6 Å². The zero-order valence-corrected chi connectivity index (χ0v) is 17.0. The van der Waals surface area contributed by atoms with Crippen molar-refractivity contribution in [3.63, 3.8) is 0 Å². The molecule has 0 unspecified atom stereocenters. The van der Waals surface area contributed by atoms with Crippen molar-refractivity contribution in [2.24, 2.45) is 23.7 Å². The Labute approximate surface area is 178 Å². The van der Waals surface area contributed by atoms with Gasteiger partial charge in [-0.1, -0.05) is 29.8 Å². The van der Waals surface area contributed by atoms with Crippen molar-refractivity contribution in [1.82, 2.24) is 0 Å². The molecular weight excluding hydrogens is 404 g/mol. The summed E-state index contributed by atoms with van der Waals surface area (Å²) in [5.74, 6) is -2.96. The molecule has 2 aliphatic rings. The Morgan fingerprint density at radius 1 is 0.967 bits per heavy atom. The normalized spacial score (nSPS) is 23.9. The number of carboxylic acid groups (broad SMARTS) is 1. The molecule has 3 N–H and O–H groups in total. The quantitative estimate of drug-likeness (QED) is 0.621. The lowest BCUT2D eigenvalue weighted by Gasteiger charge is -2.24. The highest BCUT2D eigenvalue weighted by Gasteiger charge is 2.51. The van der Waals surface area contributed by atoms with Gasteiger partial charge in [-0.15, -0.1) is 0 Å². The molecule has 0 aliphatic heterocycles. The van der Waals surface area contributed by atoms with E-state index in [-0.39, 0.29) is 23.7 Å². The summed E-state index contributed by atoms with van der Waals surface area (Å²) in [6.07, 6.45) is 4.55. The minimum Gasteiger partial charge on any atom is -0.481 e. The average Bonchev–Trinajstić information content (AvgIpc) is 3.32. The topological polar surface area (TPSA) is 95.5 Å². The molecule has 1 fully saturated rings. The first-order valence-corrected chi connectivity index (χ1v) is 10.1. The number of aryl methyl sites for hydroxylation is 1. The summed E-state index contributed by atoms with van der Waals surface area (Å²) in [7, 11) is 0. The van der Waals surface area contributed by atoms with E-state index in [1.54, 1.807) is 42.5 Å². The van der Waals surface area contributed by atoms with Crippen molar-refractivity contribution in [3.05, 3.63) is 70.8 Å². The van der Waals surface area contributed by atoms with Gasteiger partial charge in [-0.2, -0.15) is 0 Å². The van der Waals surface area contributed by atoms with Gasteiger partial charge in [0.2, 0.25) is 5.91 Å². The molecule has 2 amide bonds. The van der Waals surface area contributed by atoms with Crippen LogP contribution in [0.5, 0.6) is 0 Å². The zero-order valence-electron chi connectivity index (χ0n) is 16.3. The van der Waals surface area contributed by atoms with Gasteiger partial charge in [0, 0.05) is 22.0 Å². The number of benzene rings is 2. The Balaban J connectivity index is 1.50. The summed E-state index contributed by atoms with van der Waals surface area (Å²) in [6, 6.07) is 11.8. The summed E-state index contributed by atoms with van der Waals surface area (Å²) in [5, 5.41) is 15.8. The molecule has 0 radical (unpaired) electrons. The van der Waals surface area contributed by atoms with E-state index in [1.165, 1.54) is 0 Å². The van der Waals surface area contributed by atoms with Gasteiger partial charge in [0.15, 0.2) is 0 Å². The molecule has 7 heteroatoms. The second kappa shape index (κ2) is 7.95. The SMILES string of the molecule is Cc1ccc(NC(=O)[C@@H]2[C@H](C(=O)O)[C@H]3C=C[C@H]2C3)cc1NC(=O)c1ccc(Cl)cc1. The summed E-state index contributed by atoms with van der Waals surface area (Å²) in [4.78, 5) is 37.1. The van der Waals surface area contributed by atoms with Crippen molar-refractivity contribution >= 4 is 40.8 Å². The first-order chi connectivity index (χ1) is 14.3. The van der Waals surface area contributed by atoms with Crippen molar-refractivity contribution in [2.45, 2.75) is 13.3 Å². The standard InChI is InChI=1S/C23H21ClN2O4/c1-12-2-9-17(11-18(12)26-21(27)13-5-7-16(24)8-6-13)25-22(28)19-14-3-4-15(10-14)20(19)23(29)30/h2-9,11,14-15,19-20H,10H2,1H3,(H,25,28)(H,26,27)(H,29,30)/t14-,15-,19-,20+/m0/s1. The Morgan fingerprint density at radius 2 is 1.63 bits per heavy atom. The maximum Gasteiger partial charge on any atom is 0.307 e. The first kappa shape index (κ1) is 20.2. The number of hydrogen-bond donors (Lipinski definition) is 3. The van der Waals surface area contributed by atoms with E-state index in [2.05, 4.69) is 10.6 Å². The van der Waals surface area contributed by atoms with Crippen LogP contribution in [-0.4, -0.2) is 22.9 Å². The fraction of sp³-hybridized carbons (Fsp3) is 0.261. The number of allylic oxidation sites excluding steroid dienone is 2. The van der Waals surface area contributed by atoms with Gasteiger partial charge >= 0.3 is 5.97 Å². The molecule has 0 saturated heterocycles. The van der Waals surface area contributed by atoms with Crippen LogP contribution in [0, 0.1) is 30.6 Å². The molecule has 2 aromatic rings. The van der Waals surface area contributed by atoms with Crippen LogP contribution in [0.4, 0.5) is 11.4 Å². The van der Waals surface area contributed by atoms with E-state index < -0.39 is 17.8 Å². The monoisotopic (exact) mass is 424 g/mol. The van der Waals surface area contributed by atoms with Gasteiger partial charge in [-0.3, -0.25) is 14.4 Å². The second-order valence-electron chi connectivity index (χ2n) is 7.82. The van der Waals surface area contributed by atoms with Crippen LogP contribution in [0.25, 0.3) is 0 Å². The molecule has 0 spiro atoms. The average molecular weight is 425 g/mol. The highest BCUT2D eigenvalue weighted by Crippen LogP contribution is 2.48. The van der Waals surface area contributed by atoms with Gasteiger partial charge in [-0.05, 0) is 67.1 Å². The van der Waals surface area contributed by atoms with Crippen LogP contribution in [-0.2, 0) is 9.59 Å². The van der Waals surface area contributed by atoms with E-state index in [1.807, 2.05) is 19.1 Å². The highest BCUT2D eigenvalue weighted by molar-refractivity contribution is 6.30. The number of aliphatic carboxylic acids is 1. The first-order valence-electron chi connectivity index (χ1n) is 9.73. The summed E-state index contributed by atoms with van der Waals surface area (Å²) in [6.45, 7) is 1.85. The van der Waals surface area contributed by atoms with E-state index in [9.17, 15) is 19.5 Å². The predicted molar refractivity (Wildman–Crippen MR) is 115 cm³/mol. The summed E-state index contributed by atoms with van der Waals surface area (Å²) >= 11 is 5.87. The lowest BCUT2D eigenvalue weighted by atomic mass is 9.82. The molecule has 2 aliphatic carbocycles. The number of halogens is 1. The number of nitrogens with one attached hydrogen (secondary N) is 2. The Hall–Kier alpha value is -3.12. The maximum atomic E-state index is 12.9. The Bertz CT molecular complexity index is 1050. The number of anilines is 2. The molecule has 0 aromatic heterocycles. The lowest BCUT2D eigenvalue weighted by Crippen LogP contribution is -2.36. The number of carbonyl (C=O) groups excluding carboxylic acids is 2. The smallest absolute Gasteiger partial charge is 0.307 e. The molecule has 1 saturated carbocycles. The molecule has 4 atom stereocenters. The molecule has 4 rings (SSSR count). The Morgan fingerprint density at radius 3 is 2.30 bits per heavy atom. The fourth-order valence-electron chi connectivity index (χ4n) is 4.37. The third-order valence-electron chi connectivity index (χ3n) is 5.91. The van der Waals surface area contributed by atoms with E-state index >= 15 is 0 Å². The van der Waals surface area contributed by atoms with Crippen LogP contribution in [0.1, 0.15) is 22.3 Å². The molecule has 154 valence electrons. The molecule has 0 heterocycles. The molecular formula is C23H21ClN2O4. The molecule has 30 heavy (non-hydrogen) atoms. The van der Waals surface area contributed by atoms with Crippen LogP contribution in [0.3, 0.4) is 0 Å². The predicted octanol–water partition coefficient (Wildman–Crippen LogP) is 4.36. The van der Waals surface area contributed by atoms with Crippen molar-refractivity contribution < 1.29 is 19.5 Å². The minimum absolute atomic E-state index is 0.0503. The minimum atomic E-state index is -0.938. The van der Waals surface area contributed by atoms with Crippen molar-refractivity contribution in [2.75, 3.05) is 10.6 Å². The van der Waals surface area contributed by atoms with Gasteiger partial charge < -0.3 is 15.7 Å². The number of carboxylic acids is 1. The highest BCUT2D eigenvalue weighted by atomic mass is 35.5. The van der Waals surface area contributed by atoms with Crippen molar-refractivity contribution in [1.29, 1.82) is 0 Å². The van der Waals surface area contributed by atoms with Crippen LogP contribution >= 0.6 is 11.6 Å². The van der Waals surface area contributed by atoms with Gasteiger partial charge in [0.25, 0.3) is 5.91 Å². The van der Waals surface area contributed by atoms with E-state index in [0.29, 0.717) is 28.4 Å². The second-order valence-corrected chi connectivity index (χ2v) is 8.25. The molecule has 6 nitrogen and oxygen atoms in total. The van der Waals surface area contributed by atoms with Gasteiger partial charge in [0.1, 0.15) is 0 Å². The van der Waals surface area contributed by atoms with Gasteiger partial charge in [0.05, 0.1) is 11.8 Å². The van der Waals surface area contributed by atoms with Crippen LogP contribution in [0.2, 0.25) is 5.02 Å². The fourth-order valence-corrected chi connectivity index (χ4v) is 4.50. The number of amides is 2. The van der Waals surface area contributed by atoms with Crippen molar-refractivity contribution in [3.8, 4) is 0 Å². The summed E-state index contributed by atoms with van der Waals surface area (Å²) in [5.41, 5.74) is 2.37. The van der Waals surface area contributed by atoms with E-state index in [0.717, 1.165) is 5.56 Å². The number of rotatable bonds is 5. The molecule has 2 bridgehead atoms. The number of fused-ring (bicyclic) bond motifs is 2. The third-order valence-corrected chi connectivity index (χ3v) is 6.16. The lowest BCUT2D eigenvalue weighted by molar-refractivity contribution is -0.146. The molecule has 2 aromatic carbocycles. The number of hydrogen-bond acceptors (Lipinski definition) is 3. The largest absolute Gasteiger partial charge is 0.481 e. The maximum absolute atomic E-state index is 12.9. The van der Waals surface area contributed by atoms with Crippen LogP contribution < -0.4 is 10.6 Å². The summed E-state index contributed by atoms with van der Waals surface area (Å²) < 4.78 is 0. The van der Waals surface area contributed by atoms with Crippen LogP contribution in [0.15, 0.2) is 54.6 Å². The number of carbonyl (C=O) groups is 3. The van der Waals surface area contributed by atoms with Gasteiger partial charge in [-0.25, -0.2) is 0 Å². The Kier molecular flexibility index (Phi) is 5.35.